The van der Waals surface area contributed by atoms with E-state index in [1.165, 1.54) is 76.5 Å². The van der Waals surface area contributed by atoms with Gasteiger partial charge in [0.05, 0.1) is 22.2 Å². The third kappa shape index (κ3) is 4.34. The van der Waals surface area contributed by atoms with Gasteiger partial charge in [0.25, 0.3) is 0 Å². The first-order chi connectivity index (χ1) is 27.5. The molecule has 11 aromatic rings. The predicted molar refractivity (Wildman–Crippen MR) is 235 cm³/mol. The maximum Gasteiger partial charge on any atom is 0.235 e. The van der Waals surface area contributed by atoms with Gasteiger partial charge in [0, 0.05) is 32.7 Å². The lowest BCUT2D eigenvalue weighted by molar-refractivity contribution is 0.660. The second-order valence-electron chi connectivity index (χ2n) is 15.8. The highest BCUT2D eigenvalue weighted by Crippen LogP contribution is 2.51. The summed E-state index contributed by atoms with van der Waals surface area (Å²) in [5, 5.41) is 10.7. The van der Waals surface area contributed by atoms with Crippen LogP contribution < -0.4 is 0 Å². The van der Waals surface area contributed by atoms with Crippen LogP contribution in [-0.2, 0) is 5.41 Å². The molecule has 262 valence electrons. The van der Waals surface area contributed by atoms with Crippen molar-refractivity contribution >= 4 is 65.0 Å². The Balaban J connectivity index is 1.24. The van der Waals surface area contributed by atoms with E-state index >= 15 is 0 Å². The summed E-state index contributed by atoms with van der Waals surface area (Å²) in [6.07, 6.45) is 0. The standard InChI is InChI=1S/C53H35N3/c1-53(2)44-21-11-9-19-40(44)41-27-25-36(31-45(41)53)48-39-18-8-6-16-35(39)30-43-49-38-17-7-5-14-33(38)26-28-47(49)56(51(43)48)52-54-46-22-12-10-20-42(46)50(55-52)37-24-23-32-13-3-4-15-34(32)29-37/h3-31H,1-2H3. The molecule has 3 heteroatoms. The summed E-state index contributed by atoms with van der Waals surface area (Å²) in [6, 6.07) is 64.1. The molecule has 12 rings (SSSR count). The Morgan fingerprint density at radius 3 is 1.98 bits per heavy atom. The minimum atomic E-state index is -0.134. The van der Waals surface area contributed by atoms with Crippen molar-refractivity contribution in [1.82, 2.24) is 14.5 Å². The summed E-state index contributed by atoms with van der Waals surface area (Å²) >= 11 is 0. The lowest BCUT2D eigenvalue weighted by atomic mass is 9.81. The molecule has 2 heterocycles. The van der Waals surface area contributed by atoms with Crippen LogP contribution in [0.2, 0.25) is 0 Å². The molecule has 0 saturated carbocycles. The van der Waals surface area contributed by atoms with Gasteiger partial charge < -0.3 is 0 Å². The second-order valence-corrected chi connectivity index (χ2v) is 15.8. The van der Waals surface area contributed by atoms with E-state index in [1.807, 2.05) is 0 Å². The van der Waals surface area contributed by atoms with E-state index in [-0.39, 0.29) is 5.41 Å². The third-order valence-corrected chi connectivity index (χ3v) is 12.3. The van der Waals surface area contributed by atoms with Gasteiger partial charge in [-0.15, -0.1) is 0 Å². The van der Waals surface area contributed by atoms with Crippen LogP contribution in [0.1, 0.15) is 25.0 Å². The number of nitrogens with zero attached hydrogens (tertiary/aromatic N) is 3. The lowest BCUT2D eigenvalue weighted by Crippen LogP contribution is -2.14. The highest BCUT2D eigenvalue weighted by molar-refractivity contribution is 6.27. The summed E-state index contributed by atoms with van der Waals surface area (Å²) in [6.45, 7) is 4.72. The number of fused-ring (bicyclic) bond motifs is 11. The molecule has 0 spiro atoms. The van der Waals surface area contributed by atoms with Crippen LogP contribution in [0.4, 0.5) is 0 Å². The summed E-state index contributed by atoms with van der Waals surface area (Å²) in [4.78, 5) is 11.0. The zero-order valence-corrected chi connectivity index (χ0v) is 31.1. The Labute approximate surface area is 324 Å². The molecular weight excluding hydrogens is 679 g/mol. The minimum absolute atomic E-state index is 0.134. The first-order valence-electron chi connectivity index (χ1n) is 19.4. The number of hydrogen-bond acceptors (Lipinski definition) is 2. The maximum absolute atomic E-state index is 5.58. The first kappa shape index (κ1) is 31.3. The molecule has 0 unspecified atom stereocenters. The van der Waals surface area contributed by atoms with Crippen LogP contribution in [0.15, 0.2) is 176 Å². The van der Waals surface area contributed by atoms with Gasteiger partial charge in [-0.05, 0) is 90.5 Å². The van der Waals surface area contributed by atoms with Crippen molar-refractivity contribution in [1.29, 1.82) is 0 Å². The van der Waals surface area contributed by atoms with E-state index in [2.05, 4.69) is 194 Å². The van der Waals surface area contributed by atoms with Crippen molar-refractivity contribution < 1.29 is 0 Å². The maximum atomic E-state index is 5.58. The number of rotatable bonds is 3. The first-order valence-corrected chi connectivity index (χ1v) is 19.4. The Morgan fingerprint density at radius 1 is 0.446 bits per heavy atom. The van der Waals surface area contributed by atoms with Gasteiger partial charge >= 0.3 is 0 Å². The van der Waals surface area contributed by atoms with Gasteiger partial charge in [-0.25, -0.2) is 9.97 Å². The van der Waals surface area contributed by atoms with E-state index in [0.29, 0.717) is 5.95 Å². The number of hydrogen-bond donors (Lipinski definition) is 0. The molecule has 3 nitrogen and oxygen atoms in total. The van der Waals surface area contributed by atoms with Crippen LogP contribution in [0, 0.1) is 0 Å². The number of aromatic nitrogens is 3. The molecule has 0 amide bonds. The smallest absolute Gasteiger partial charge is 0.235 e. The van der Waals surface area contributed by atoms with Gasteiger partial charge in [-0.3, -0.25) is 4.57 Å². The Kier molecular flexibility index (Phi) is 6.40. The molecule has 9 aromatic carbocycles. The summed E-state index contributed by atoms with van der Waals surface area (Å²) in [5.41, 5.74) is 12.7. The van der Waals surface area contributed by atoms with Crippen molar-refractivity contribution in [3.05, 3.63) is 187 Å². The van der Waals surface area contributed by atoms with Crippen molar-refractivity contribution in [2.75, 3.05) is 0 Å². The average molecular weight is 714 g/mol. The summed E-state index contributed by atoms with van der Waals surface area (Å²) < 4.78 is 2.35. The van der Waals surface area contributed by atoms with Gasteiger partial charge in [-0.1, -0.05) is 159 Å². The fourth-order valence-electron chi connectivity index (χ4n) is 9.69. The van der Waals surface area contributed by atoms with Crippen molar-refractivity contribution in [2.45, 2.75) is 19.3 Å². The Morgan fingerprint density at radius 2 is 1.11 bits per heavy atom. The second kappa shape index (κ2) is 11.5. The highest BCUT2D eigenvalue weighted by atomic mass is 15.2. The molecule has 0 radical (unpaired) electrons. The Hall–Kier alpha value is -7.10. The van der Waals surface area contributed by atoms with Crippen LogP contribution in [0.5, 0.6) is 0 Å². The predicted octanol–water partition coefficient (Wildman–Crippen LogP) is 13.8. The fourth-order valence-corrected chi connectivity index (χ4v) is 9.69. The molecular formula is C53H35N3. The summed E-state index contributed by atoms with van der Waals surface area (Å²) in [5.74, 6) is 0.660. The van der Waals surface area contributed by atoms with Gasteiger partial charge in [0.15, 0.2) is 0 Å². The molecule has 1 aliphatic carbocycles. The topological polar surface area (TPSA) is 30.7 Å². The molecule has 1 aliphatic rings. The largest absolute Gasteiger partial charge is 0.277 e. The van der Waals surface area contributed by atoms with Crippen LogP contribution in [0.3, 0.4) is 0 Å². The van der Waals surface area contributed by atoms with Crippen LogP contribution in [-0.4, -0.2) is 14.5 Å². The molecule has 0 aliphatic heterocycles. The molecule has 0 atom stereocenters. The van der Waals surface area contributed by atoms with Crippen LogP contribution >= 0.6 is 0 Å². The monoisotopic (exact) mass is 713 g/mol. The van der Waals surface area contributed by atoms with Gasteiger partial charge in [0.2, 0.25) is 5.95 Å². The SMILES string of the molecule is CC1(C)c2ccccc2-c2ccc(-c3c4ccccc4cc4c5c6ccccc6ccc5n(-c5nc(-c6ccc7ccccc7c6)c6ccccc6n5)c34)cc21. The van der Waals surface area contributed by atoms with E-state index in [9.17, 15) is 0 Å². The molecule has 0 saturated heterocycles. The minimum Gasteiger partial charge on any atom is -0.277 e. The fraction of sp³-hybridized carbons (Fsp3) is 0.0566. The number of benzene rings is 9. The zero-order chi connectivity index (χ0) is 37.1. The summed E-state index contributed by atoms with van der Waals surface area (Å²) in [7, 11) is 0. The lowest BCUT2D eigenvalue weighted by Gasteiger charge is -2.22. The molecule has 0 bridgehead atoms. The normalized spacial score (nSPS) is 13.3. The zero-order valence-electron chi connectivity index (χ0n) is 31.1. The van der Waals surface area contributed by atoms with Gasteiger partial charge in [0.1, 0.15) is 0 Å². The number of para-hydroxylation sites is 1. The van der Waals surface area contributed by atoms with E-state index < -0.39 is 0 Å². The van der Waals surface area contributed by atoms with Crippen molar-refractivity contribution in [3.63, 3.8) is 0 Å². The Bertz CT molecular complexity index is 3460. The van der Waals surface area contributed by atoms with E-state index in [4.69, 9.17) is 9.97 Å². The van der Waals surface area contributed by atoms with Gasteiger partial charge in [-0.2, -0.15) is 0 Å². The van der Waals surface area contributed by atoms with E-state index in [0.717, 1.165) is 33.2 Å². The average Bonchev–Trinajstić information content (AvgIpc) is 3.70. The van der Waals surface area contributed by atoms with Crippen LogP contribution in [0.25, 0.3) is 104 Å². The molecule has 56 heavy (non-hydrogen) atoms. The quantitative estimate of drug-likeness (QED) is 0.182. The molecule has 0 N–H and O–H groups in total. The third-order valence-electron chi connectivity index (χ3n) is 12.3. The van der Waals surface area contributed by atoms with E-state index in [1.54, 1.807) is 0 Å². The highest BCUT2D eigenvalue weighted by Gasteiger charge is 2.35. The molecule has 2 aromatic heterocycles. The van der Waals surface area contributed by atoms with Crippen molar-refractivity contribution in [3.8, 4) is 39.5 Å². The van der Waals surface area contributed by atoms with Crippen molar-refractivity contribution in [2.24, 2.45) is 0 Å². The molecule has 0 fully saturated rings.